The summed E-state index contributed by atoms with van der Waals surface area (Å²) in [5.41, 5.74) is 0.930. The molecule has 1 aromatic rings. The van der Waals surface area contributed by atoms with E-state index in [1.54, 1.807) is 0 Å². The van der Waals surface area contributed by atoms with Gasteiger partial charge in [-0.05, 0) is 37.4 Å². The molecule has 1 saturated carbocycles. The summed E-state index contributed by atoms with van der Waals surface area (Å²) in [6.45, 7) is 10.8. The van der Waals surface area contributed by atoms with E-state index >= 15 is 0 Å². The third kappa shape index (κ3) is 4.22. The molecule has 0 aliphatic heterocycles. The Kier molecular flexibility index (Phi) is 5.44. The summed E-state index contributed by atoms with van der Waals surface area (Å²) in [4.78, 5) is 7.05. The second-order valence-corrected chi connectivity index (χ2v) is 6.20. The number of anilines is 1. The van der Waals surface area contributed by atoms with Crippen LogP contribution in [0, 0.1) is 5.92 Å². The van der Waals surface area contributed by atoms with Gasteiger partial charge in [0.15, 0.2) is 0 Å². The van der Waals surface area contributed by atoms with Crippen molar-refractivity contribution in [1.82, 2.24) is 10.3 Å². The van der Waals surface area contributed by atoms with Crippen molar-refractivity contribution >= 4 is 17.4 Å². The van der Waals surface area contributed by atoms with Crippen LogP contribution in [0.25, 0.3) is 0 Å². The van der Waals surface area contributed by atoms with Gasteiger partial charge in [-0.3, -0.25) is 0 Å². The van der Waals surface area contributed by atoms with Gasteiger partial charge in [-0.2, -0.15) is 0 Å². The quantitative estimate of drug-likeness (QED) is 0.742. The van der Waals surface area contributed by atoms with Crippen molar-refractivity contribution in [3.63, 3.8) is 0 Å². The SMILES string of the molecule is C=CCN(c1ccc(Cl)c(CNCC(C)C)n1)C1CC1. The highest BCUT2D eigenvalue weighted by atomic mass is 35.5. The van der Waals surface area contributed by atoms with Crippen molar-refractivity contribution in [2.24, 2.45) is 5.92 Å². The average molecular weight is 294 g/mol. The number of hydrogen-bond donors (Lipinski definition) is 1. The van der Waals surface area contributed by atoms with E-state index in [0.29, 0.717) is 12.0 Å². The lowest BCUT2D eigenvalue weighted by Crippen LogP contribution is -2.27. The molecule has 4 heteroatoms. The van der Waals surface area contributed by atoms with Gasteiger partial charge in [0, 0.05) is 19.1 Å². The first-order chi connectivity index (χ1) is 9.61. The highest BCUT2D eigenvalue weighted by Gasteiger charge is 2.29. The maximum absolute atomic E-state index is 6.25. The van der Waals surface area contributed by atoms with Gasteiger partial charge in [0.1, 0.15) is 5.82 Å². The molecule has 1 aromatic heterocycles. The molecule has 0 unspecified atom stereocenters. The highest BCUT2D eigenvalue weighted by Crippen LogP contribution is 2.31. The van der Waals surface area contributed by atoms with Crippen LogP contribution in [0.1, 0.15) is 32.4 Å². The molecule has 0 spiro atoms. The highest BCUT2D eigenvalue weighted by molar-refractivity contribution is 6.31. The fraction of sp³-hybridized carbons (Fsp3) is 0.562. The maximum Gasteiger partial charge on any atom is 0.129 e. The minimum absolute atomic E-state index is 0.623. The molecular weight excluding hydrogens is 270 g/mol. The van der Waals surface area contributed by atoms with Crippen LogP contribution in [0.3, 0.4) is 0 Å². The standard InChI is InChI=1S/C16H24ClN3/c1-4-9-20(13-5-6-13)16-8-7-14(17)15(19-16)11-18-10-12(2)3/h4,7-8,12-13,18H,1,5-6,9-11H2,2-3H3. The summed E-state index contributed by atoms with van der Waals surface area (Å²) in [5.74, 6) is 1.64. The van der Waals surface area contributed by atoms with Crippen LogP contribution in [-0.4, -0.2) is 24.1 Å². The fourth-order valence-corrected chi connectivity index (χ4v) is 2.36. The molecule has 1 fully saturated rings. The first-order valence-electron chi connectivity index (χ1n) is 7.35. The van der Waals surface area contributed by atoms with Gasteiger partial charge >= 0.3 is 0 Å². The number of halogens is 1. The molecule has 0 atom stereocenters. The van der Waals surface area contributed by atoms with Gasteiger partial charge in [0.2, 0.25) is 0 Å². The van der Waals surface area contributed by atoms with Crippen molar-refractivity contribution in [3.05, 3.63) is 35.5 Å². The van der Waals surface area contributed by atoms with Crippen LogP contribution in [0.4, 0.5) is 5.82 Å². The van der Waals surface area contributed by atoms with Gasteiger partial charge in [-0.1, -0.05) is 31.5 Å². The monoisotopic (exact) mass is 293 g/mol. The molecule has 1 aliphatic carbocycles. The van der Waals surface area contributed by atoms with Crippen molar-refractivity contribution in [3.8, 4) is 0 Å². The van der Waals surface area contributed by atoms with Gasteiger partial charge < -0.3 is 10.2 Å². The summed E-state index contributed by atoms with van der Waals surface area (Å²) in [6.07, 6.45) is 4.43. The van der Waals surface area contributed by atoms with E-state index in [1.807, 2.05) is 18.2 Å². The summed E-state index contributed by atoms with van der Waals surface area (Å²) < 4.78 is 0. The zero-order valence-corrected chi connectivity index (χ0v) is 13.2. The molecule has 2 rings (SSSR count). The second kappa shape index (κ2) is 7.09. The second-order valence-electron chi connectivity index (χ2n) is 5.79. The van der Waals surface area contributed by atoms with Gasteiger partial charge in [-0.15, -0.1) is 6.58 Å². The predicted molar refractivity (Wildman–Crippen MR) is 86.4 cm³/mol. The first-order valence-corrected chi connectivity index (χ1v) is 7.73. The van der Waals surface area contributed by atoms with Crippen LogP contribution in [0.2, 0.25) is 5.02 Å². The minimum atomic E-state index is 0.623. The third-order valence-corrected chi connectivity index (χ3v) is 3.70. The molecule has 1 N–H and O–H groups in total. The Labute approximate surface area is 127 Å². The molecular formula is C16H24ClN3. The van der Waals surface area contributed by atoms with Crippen LogP contribution in [0.5, 0.6) is 0 Å². The Morgan fingerprint density at radius 1 is 1.50 bits per heavy atom. The lowest BCUT2D eigenvalue weighted by Gasteiger charge is -2.22. The first kappa shape index (κ1) is 15.3. The molecule has 110 valence electrons. The molecule has 1 aliphatic rings. The lowest BCUT2D eigenvalue weighted by molar-refractivity contribution is 0.548. The number of nitrogens with one attached hydrogen (secondary N) is 1. The fourth-order valence-electron chi connectivity index (χ4n) is 2.19. The van der Waals surface area contributed by atoms with Crippen molar-refractivity contribution < 1.29 is 0 Å². The number of nitrogens with zero attached hydrogens (tertiary/aromatic N) is 2. The molecule has 0 amide bonds. The van der Waals surface area contributed by atoms with Crippen molar-refractivity contribution in [2.45, 2.75) is 39.3 Å². The van der Waals surface area contributed by atoms with E-state index in [4.69, 9.17) is 16.6 Å². The largest absolute Gasteiger partial charge is 0.350 e. The molecule has 0 aromatic carbocycles. The van der Waals surface area contributed by atoms with E-state index in [0.717, 1.165) is 36.2 Å². The number of pyridine rings is 1. The van der Waals surface area contributed by atoms with Gasteiger partial charge in [-0.25, -0.2) is 4.98 Å². The molecule has 0 saturated heterocycles. The smallest absolute Gasteiger partial charge is 0.129 e. The molecule has 0 radical (unpaired) electrons. The molecule has 20 heavy (non-hydrogen) atoms. The summed E-state index contributed by atoms with van der Waals surface area (Å²) in [5, 5.41) is 4.13. The number of rotatable bonds is 8. The van der Waals surface area contributed by atoms with E-state index < -0.39 is 0 Å². The van der Waals surface area contributed by atoms with E-state index in [-0.39, 0.29) is 0 Å². The van der Waals surface area contributed by atoms with Crippen LogP contribution < -0.4 is 10.2 Å². The summed E-state index contributed by atoms with van der Waals surface area (Å²) >= 11 is 6.25. The zero-order chi connectivity index (χ0) is 14.5. The van der Waals surface area contributed by atoms with E-state index in [1.165, 1.54) is 12.8 Å². The van der Waals surface area contributed by atoms with Crippen LogP contribution >= 0.6 is 11.6 Å². The van der Waals surface area contributed by atoms with E-state index in [9.17, 15) is 0 Å². The Balaban J connectivity index is 2.08. The lowest BCUT2D eigenvalue weighted by atomic mass is 10.2. The molecule has 1 heterocycles. The normalized spacial score (nSPS) is 14.6. The third-order valence-electron chi connectivity index (χ3n) is 3.36. The summed E-state index contributed by atoms with van der Waals surface area (Å²) in [7, 11) is 0. The summed E-state index contributed by atoms with van der Waals surface area (Å²) in [6, 6.07) is 4.59. The minimum Gasteiger partial charge on any atom is -0.350 e. The Hall–Kier alpha value is -1.06. The van der Waals surface area contributed by atoms with Crippen LogP contribution in [-0.2, 0) is 6.54 Å². The topological polar surface area (TPSA) is 28.2 Å². The Bertz CT molecular complexity index is 455. The van der Waals surface area contributed by atoms with Crippen LogP contribution in [0.15, 0.2) is 24.8 Å². The van der Waals surface area contributed by atoms with Gasteiger partial charge in [0.25, 0.3) is 0 Å². The predicted octanol–water partition coefficient (Wildman–Crippen LogP) is 3.64. The van der Waals surface area contributed by atoms with E-state index in [2.05, 4.69) is 30.6 Å². The Morgan fingerprint density at radius 2 is 2.25 bits per heavy atom. The average Bonchev–Trinajstić information content (AvgIpc) is 3.22. The Morgan fingerprint density at radius 3 is 2.85 bits per heavy atom. The van der Waals surface area contributed by atoms with Gasteiger partial charge in [0.05, 0.1) is 10.7 Å². The van der Waals surface area contributed by atoms with Crippen molar-refractivity contribution in [1.29, 1.82) is 0 Å². The maximum atomic E-state index is 6.25. The van der Waals surface area contributed by atoms with Crippen molar-refractivity contribution in [2.75, 3.05) is 18.0 Å². The number of hydrogen-bond acceptors (Lipinski definition) is 3. The molecule has 0 bridgehead atoms. The zero-order valence-electron chi connectivity index (χ0n) is 12.4. The number of aromatic nitrogens is 1. The molecule has 3 nitrogen and oxygen atoms in total.